The van der Waals surface area contributed by atoms with Crippen LogP contribution in [-0.2, 0) is 6.54 Å². The summed E-state index contributed by atoms with van der Waals surface area (Å²) in [5, 5.41) is 12.9. The summed E-state index contributed by atoms with van der Waals surface area (Å²) in [6.07, 6.45) is 5.20. The zero-order valence-corrected chi connectivity index (χ0v) is 14.2. The third-order valence-electron chi connectivity index (χ3n) is 4.48. The Morgan fingerprint density at radius 3 is 2.59 bits per heavy atom. The van der Waals surface area contributed by atoms with Gasteiger partial charge in [-0.05, 0) is 23.8 Å². The predicted octanol–water partition coefficient (Wildman–Crippen LogP) is 2.55. The topological polar surface area (TPSA) is 78.0 Å². The van der Waals surface area contributed by atoms with Gasteiger partial charge in [0.15, 0.2) is 11.2 Å². The molecule has 0 fully saturated rings. The van der Waals surface area contributed by atoms with E-state index in [-0.39, 0.29) is 11.1 Å². The first-order valence-electron chi connectivity index (χ1n) is 8.50. The minimum Gasteiger partial charge on any atom is -0.307 e. The lowest BCUT2D eigenvalue weighted by Crippen LogP contribution is -2.22. The Kier molecular flexibility index (Phi) is 3.50. The maximum atomic E-state index is 12.8. The van der Waals surface area contributed by atoms with Gasteiger partial charge in [-0.1, -0.05) is 36.4 Å². The molecule has 0 saturated carbocycles. The Labute approximate surface area is 153 Å². The van der Waals surface area contributed by atoms with Gasteiger partial charge >= 0.3 is 0 Å². The smallest absolute Gasteiger partial charge is 0.280 e. The summed E-state index contributed by atoms with van der Waals surface area (Å²) in [6, 6.07) is 17.3. The van der Waals surface area contributed by atoms with Crippen LogP contribution in [0.4, 0.5) is 0 Å². The van der Waals surface area contributed by atoms with Gasteiger partial charge in [0.05, 0.1) is 18.4 Å². The van der Waals surface area contributed by atoms with Crippen molar-refractivity contribution in [1.82, 2.24) is 29.4 Å². The van der Waals surface area contributed by atoms with Crippen LogP contribution in [0.3, 0.4) is 0 Å². The highest BCUT2D eigenvalue weighted by molar-refractivity contribution is 5.82. The molecule has 27 heavy (non-hydrogen) atoms. The lowest BCUT2D eigenvalue weighted by Gasteiger charge is -2.07. The molecule has 0 aliphatic heterocycles. The zero-order chi connectivity index (χ0) is 18.2. The largest absolute Gasteiger partial charge is 0.307 e. The summed E-state index contributed by atoms with van der Waals surface area (Å²) in [4.78, 5) is 17.1. The molecule has 0 atom stereocenters. The molecule has 0 saturated heterocycles. The normalized spacial score (nSPS) is 11.3. The van der Waals surface area contributed by atoms with Crippen molar-refractivity contribution in [2.75, 3.05) is 0 Å². The van der Waals surface area contributed by atoms with E-state index in [0.29, 0.717) is 17.7 Å². The number of hydrogen-bond acceptors (Lipinski definition) is 5. The predicted molar refractivity (Wildman–Crippen MR) is 101 cm³/mol. The molecule has 7 nitrogen and oxygen atoms in total. The van der Waals surface area contributed by atoms with Crippen molar-refractivity contribution in [1.29, 1.82) is 0 Å². The third-order valence-corrected chi connectivity index (χ3v) is 4.48. The molecule has 0 bridgehead atoms. The minimum absolute atomic E-state index is 0.218. The molecular weight excluding hydrogens is 340 g/mol. The van der Waals surface area contributed by atoms with Gasteiger partial charge in [-0.15, -0.1) is 10.2 Å². The standard InChI is InChI=1S/C20H14N6O/c27-20-18-17(9-11-25(20)13-15-8-4-5-10-21-15)26-19(24-23-18)16(12-22-26)14-6-2-1-3-7-14/h1-12H,13H2. The van der Waals surface area contributed by atoms with Crippen LogP contribution in [0.1, 0.15) is 5.69 Å². The first-order chi connectivity index (χ1) is 13.3. The van der Waals surface area contributed by atoms with Crippen molar-refractivity contribution >= 4 is 16.7 Å². The maximum Gasteiger partial charge on any atom is 0.280 e. The lowest BCUT2D eigenvalue weighted by molar-refractivity contribution is 0.741. The average Bonchev–Trinajstić information content (AvgIpc) is 3.16. The van der Waals surface area contributed by atoms with Gasteiger partial charge in [-0.25, -0.2) is 4.52 Å². The highest BCUT2D eigenvalue weighted by Gasteiger charge is 2.14. The average molecular weight is 354 g/mol. The lowest BCUT2D eigenvalue weighted by atomic mass is 10.1. The van der Waals surface area contributed by atoms with Crippen LogP contribution in [0.25, 0.3) is 27.8 Å². The molecule has 0 radical (unpaired) electrons. The number of benzene rings is 1. The van der Waals surface area contributed by atoms with Crippen molar-refractivity contribution < 1.29 is 0 Å². The number of hydrogen-bond donors (Lipinski definition) is 0. The highest BCUT2D eigenvalue weighted by Crippen LogP contribution is 2.23. The fraction of sp³-hybridized carbons (Fsp3) is 0.0500. The maximum absolute atomic E-state index is 12.8. The molecule has 0 aliphatic carbocycles. The monoisotopic (exact) mass is 354 g/mol. The van der Waals surface area contributed by atoms with Crippen molar-refractivity contribution in [3.05, 3.63) is 89.2 Å². The number of nitrogens with zero attached hydrogens (tertiary/aromatic N) is 6. The van der Waals surface area contributed by atoms with E-state index < -0.39 is 0 Å². The Hall–Kier alpha value is -3.87. The van der Waals surface area contributed by atoms with Crippen molar-refractivity contribution in [3.8, 4) is 11.1 Å². The summed E-state index contributed by atoms with van der Waals surface area (Å²) in [5.41, 5.74) is 4.00. The van der Waals surface area contributed by atoms with Crippen LogP contribution in [-0.4, -0.2) is 29.4 Å². The number of rotatable bonds is 3. The second-order valence-electron chi connectivity index (χ2n) is 6.16. The van der Waals surface area contributed by atoms with Gasteiger partial charge in [-0.2, -0.15) is 5.10 Å². The Morgan fingerprint density at radius 2 is 1.78 bits per heavy atom. The van der Waals surface area contributed by atoms with Crippen LogP contribution >= 0.6 is 0 Å². The summed E-state index contributed by atoms with van der Waals surface area (Å²) >= 11 is 0. The summed E-state index contributed by atoms with van der Waals surface area (Å²) < 4.78 is 3.24. The molecule has 0 spiro atoms. The van der Waals surface area contributed by atoms with E-state index in [1.807, 2.05) is 54.6 Å². The van der Waals surface area contributed by atoms with Crippen LogP contribution in [0, 0.1) is 0 Å². The van der Waals surface area contributed by atoms with Gasteiger partial charge in [0.1, 0.15) is 5.52 Å². The molecule has 0 aliphatic rings. The molecule has 0 unspecified atom stereocenters. The molecule has 0 N–H and O–H groups in total. The molecule has 0 amide bonds. The summed E-state index contributed by atoms with van der Waals surface area (Å²) in [6.45, 7) is 0.379. The van der Waals surface area contributed by atoms with E-state index in [4.69, 9.17) is 0 Å². The number of pyridine rings is 2. The fourth-order valence-electron chi connectivity index (χ4n) is 3.14. The summed E-state index contributed by atoms with van der Waals surface area (Å²) in [7, 11) is 0. The number of fused-ring (bicyclic) bond motifs is 3. The molecule has 5 aromatic rings. The number of aromatic nitrogens is 6. The minimum atomic E-state index is -0.218. The van der Waals surface area contributed by atoms with Crippen LogP contribution in [0.2, 0.25) is 0 Å². The quantitative estimate of drug-likeness (QED) is 0.498. The zero-order valence-electron chi connectivity index (χ0n) is 14.2. The SMILES string of the molecule is O=c1c2nnc3c(-c4ccccc4)cnn3c2ccn1Cc1ccccn1. The first kappa shape index (κ1) is 15.4. The van der Waals surface area contributed by atoms with Crippen molar-refractivity contribution in [2.45, 2.75) is 6.54 Å². The van der Waals surface area contributed by atoms with Gasteiger partial charge in [0.25, 0.3) is 5.56 Å². The van der Waals surface area contributed by atoms with Crippen molar-refractivity contribution in [2.24, 2.45) is 0 Å². The molecule has 4 aromatic heterocycles. The van der Waals surface area contributed by atoms with Gasteiger partial charge < -0.3 is 4.57 Å². The molecular formula is C20H14N6O. The second-order valence-corrected chi connectivity index (χ2v) is 6.16. The molecule has 7 heteroatoms. The van der Waals surface area contributed by atoms with Crippen LogP contribution in [0.5, 0.6) is 0 Å². The summed E-state index contributed by atoms with van der Waals surface area (Å²) in [5.74, 6) is 0. The molecule has 5 rings (SSSR count). The second kappa shape index (κ2) is 6.14. The Morgan fingerprint density at radius 1 is 0.926 bits per heavy atom. The van der Waals surface area contributed by atoms with E-state index in [1.165, 1.54) is 0 Å². The van der Waals surface area contributed by atoms with Gasteiger partial charge in [0, 0.05) is 18.0 Å². The van der Waals surface area contributed by atoms with E-state index in [9.17, 15) is 4.79 Å². The fourth-order valence-corrected chi connectivity index (χ4v) is 3.14. The van der Waals surface area contributed by atoms with Crippen LogP contribution in [0.15, 0.2) is 78.0 Å². The van der Waals surface area contributed by atoms with E-state index in [1.54, 1.807) is 27.7 Å². The van der Waals surface area contributed by atoms with Gasteiger partial charge in [-0.3, -0.25) is 9.78 Å². The van der Waals surface area contributed by atoms with E-state index >= 15 is 0 Å². The molecule has 1 aromatic carbocycles. The van der Waals surface area contributed by atoms with E-state index in [2.05, 4.69) is 20.3 Å². The van der Waals surface area contributed by atoms with Gasteiger partial charge in [0.2, 0.25) is 0 Å². The third kappa shape index (κ3) is 2.56. The Bertz CT molecular complexity index is 1310. The van der Waals surface area contributed by atoms with Crippen molar-refractivity contribution in [3.63, 3.8) is 0 Å². The molecule has 130 valence electrons. The molecule has 4 heterocycles. The van der Waals surface area contributed by atoms with E-state index in [0.717, 1.165) is 16.8 Å². The Balaban J connectivity index is 1.66. The highest BCUT2D eigenvalue weighted by atomic mass is 16.1. The van der Waals surface area contributed by atoms with Crippen LogP contribution < -0.4 is 5.56 Å². The first-order valence-corrected chi connectivity index (χ1v) is 8.50.